The Morgan fingerprint density at radius 3 is 2.42 bits per heavy atom. The Hall–Kier alpha value is -0.0800. The standard InChI is InChI=1S/C22H38O2/c1-16(2)18-14-19(24-21(15-18)8-5-9-21)13-17(3)20-7-4-10-22(20)11-6-12-23-22/h16-20H,4-15H2,1-3H3. The van der Waals surface area contributed by atoms with E-state index in [4.69, 9.17) is 9.47 Å². The second kappa shape index (κ2) is 6.58. The molecule has 24 heavy (non-hydrogen) atoms. The van der Waals surface area contributed by atoms with Gasteiger partial charge in [-0.3, -0.25) is 0 Å². The van der Waals surface area contributed by atoms with Crippen molar-refractivity contribution in [3.05, 3.63) is 0 Å². The van der Waals surface area contributed by atoms with Crippen molar-refractivity contribution in [1.82, 2.24) is 0 Å². The lowest BCUT2D eigenvalue weighted by Gasteiger charge is -2.52. The molecule has 0 N–H and O–H groups in total. The van der Waals surface area contributed by atoms with Crippen LogP contribution in [0.2, 0.25) is 0 Å². The minimum atomic E-state index is 0.250. The average molecular weight is 335 g/mol. The third-order valence-electron chi connectivity index (χ3n) is 8.07. The normalized spacial score (nSPS) is 42.8. The molecule has 2 saturated heterocycles. The van der Waals surface area contributed by atoms with Crippen LogP contribution in [0.25, 0.3) is 0 Å². The summed E-state index contributed by atoms with van der Waals surface area (Å²) in [6.45, 7) is 8.33. The monoisotopic (exact) mass is 334 g/mol. The van der Waals surface area contributed by atoms with Crippen molar-refractivity contribution in [3.63, 3.8) is 0 Å². The molecular formula is C22H38O2. The van der Waals surface area contributed by atoms with Crippen LogP contribution in [0.3, 0.4) is 0 Å². The van der Waals surface area contributed by atoms with Gasteiger partial charge in [-0.25, -0.2) is 0 Å². The molecular weight excluding hydrogens is 296 g/mol. The zero-order valence-electron chi connectivity index (χ0n) is 16.2. The molecule has 0 bridgehead atoms. The Morgan fingerprint density at radius 1 is 1.00 bits per heavy atom. The fourth-order valence-electron chi connectivity index (χ4n) is 6.55. The van der Waals surface area contributed by atoms with Crippen LogP contribution < -0.4 is 0 Å². The lowest BCUT2D eigenvalue weighted by molar-refractivity contribution is -0.195. The molecule has 2 heteroatoms. The van der Waals surface area contributed by atoms with Crippen molar-refractivity contribution in [1.29, 1.82) is 0 Å². The first-order valence-electron chi connectivity index (χ1n) is 10.8. The number of rotatable bonds is 4. The van der Waals surface area contributed by atoms with Crippen molar-refractivity contribution < 1.29 is 9.47 Å². The summed E-state index contributed by atoms with van der Waals surface area (Å²) >= 11 is 0. The van der Waals surface area contributed by atoms with Crippen LogP contribution in [-0.2, 0) is 9.47 Å². The highest BCUT2D eigenvalue weighted by Gasteiger charge is 2.50. The molecule has 5 unspecified atom stereocenters. The highest BCUT2D eigenvalue weighted by Crippen LogP contribution is 2.52. The van der Waals surface area contributed by atoms with E-state index in [1.807, 2.05) is 0 Å². The fourth-order valence-corrected chi connectivity index (χ4v) is 6.55. The van der Waals surface area contributed by atoms with Crippen molar-refractivity contribution in [2.24, 2.45) is 23.7 Å². The maximum Gasteiger partial charge on any atom is 0.0714 e. The van der Waals surface area contributed by atoms with E-state index >= 15 is 0 Å². The number of hydrogen-bond acceptors (Lipinski definition) is 2. The highest BCUT2D eigenvalue weighted by molar-refractivity contribution is 5.00. The van der Waals surface area contributed by atoms with Crippen LogP contribution in [-0.4, -0.2) is 23.9 Å². The third-order valence-corrected chi connectivity index (χ3v) is 8.07. The predicted octanol–water partition coefficient (Wildman–Crippen LogP) is 5.74. The SMILES string of the molecule is CC(C)C1CC(CC(C)C2CCCC23CCCO3)OC2(CCC2)C1. The first-order valence-corrected chi connectivity index (χ1v) is 10.8. The van der Waals surface area contributed by atoms with Gasteiger partial charge in [-0.05, 0) is 87.9 Å². The van der Waals surface area contributed by atoms with Gasteiger partial charge in [0.05, 0.1) is 17.3 Å². The van der Waals surface area contributed by atoms with Gasteiger partial charge in [-0.2, -0.15) is 0 Å². The Morgan fingerprint density at radius 2 is 1.79 bits per heavy atom. The second-order valence-corrected chi connectivity index (χ2v) is 9.95. The Kier molecular flexibility index (Phi) is 4.75. The maximum absolute atomic E-state index is 6.73. The minimum Gasteiger partial charge on any atom is -0.375 e. The van der Waals surface area contributed by atoms with E-state index in [0.717, 1.165) is 30.3 Å². The molecule has 2 aliphatic heterocycles. The van der Waals surface area contributed by atoms with E-state index in [1.165, 1.54) is 70.6 Å². The maximum atomic E-state index is 6.73. The molecule has 2 aliphatic carbocycles. The van der Waals surface area contributed by atoms with Gasteiger partial charge in [0.1, 0.15) is 0 Å². The van der Waals surface area contributed by atoms with Crippen molar-refractivity contribution in [2.45, 2.75) is 109 Å². The van der Waals surface area contributed by atoms with Gasteiger partial charge < -0.3 is 9.47 Å². The van der Waals surface area contributed by atoms with E-state index in [9.17, 15) is 0 Å². The Labute approximate surface area is 149 Å². The number of hydrogen-bond donors (Lipinski definition) is 0. The molecule has 0 aromatic carbocycles. The zero-order valence-corrected chi connectivity index (χ0v) is 16.2. The first-order chi connectivity index (χ1) is 11.5. The minimum absolute atomic E-state index is 0.250. The highest BCUT2D eigenvalue weighted by atomic mass is 16.5. The van der Waals surface area contributed by atoms with E-state index in [-0.39, 0.29) is 11.2 Å². The molecule has 5 atom stereocenters. The molecule has 4 aliphatic rings. The molecule has 0 aromatic heterocycles. The van der Waals surface area contributed by atoms with Crippen molar-refractivity contribution >= 4 is 0 Å². The molecule has 4 rings (SSSR count). The van der Waals surface area contributed by atoms with Crippen molar-refractivity contribution in [2.75, 3.05) is 6.61 Å². The van der Waals surface area contributed by atoms with Crippen LogP contribution in [0, 0.1) is 23.7 Å². The van der Waals surface area contributed by atoms with Crippen LogP contribution in [0.1, 0.15) is 91.4 Å². The second-order valence-electron chi connectivity index (χ2n) is 9.95. The molecule has 0 radical (unpaired) electrons. The van der Waals surface area contributed by atoms with E-state index in [1.54, 1.807) is 0 Å². The Bertz CT molecular complexity index is 428. The predicted molar refractivity (Wildman–Crippen MR) is 98.1 cm³/mol. The summed E-state index contributed by atoms with van der Waals surface area (Å²) in [5.41, 5.74) is 0.522. The van der Waals surface area contributed by atoms with Crippen LogP contribution in [0.5, 0.6) is 0 Å². The van der Waals surface area contributed by atoms with Gasteiger partial charge in [0.15, 0.2) is 0 Å². The van der Waals surface area contributed by atoms with Crippen molar-refractivity contribution in [3.8, 4) is 0 Å². The van der Waals surface area contributed by atoms with Crippen LogP contribution in [0.15, 0.2) is 0 Å². The first kappa shape index (κ1) is 17.3. The van der Waals surface area contributed by atoms with Gasteiger partial charge >= 0.3 is 0 Å². The van der Waals surface area contributed by atoms with E-state index in [0.29, 0.717) is 6.10 Å². The summed E-state index contributed by atoms with van der Waals surface area (Å²) in [5, 5.41) is 0. The quantitative estimate of drug-likeness (QED) is 0.653. The molecule has 2 spiro atoms. The van der Waals surface area contributed by atoms with Gasteiger partial charge in [0, 0.05) is 6.61 Å². The number of ether oxygens (including phenoxy) is 2. The summed E-state index contributed by atoms with van der Waals surface area (Å²) in [7, 11) is 0. The van der Waals surface area contributed by atoms with E-state index < -0.39 is 0 Å². The lowest BCUT2D eigenvalue weighted by atomic mass is 9.67. The molecule has 0 aromatic rings. The van der Waals surface area contributed by atoms with Gasteiger partial charge in [-0.15, -0.1) is 0 Å². The smallest absolute Gasteiger partial charge is 0.0714 e. The molecule has 2 saturated carbocycles. The third kappa shape index (κ3) is 3.07. The molecule has 0 amide bonds. The Balaban J connectivity index is 1.41. The summed E-state index contributed by atoms with van der Waals surface area (Å²) in [5.74, 6) is 3.20. The molecule has 2 heterocycles. The largest absolute Gasteiger partial charge is 0.375 e. The molecule has 2 nitrogen and oxygen atoms in total. The molecule has 4 fully saturated rings. The lowest BCUT2D eigenvalue weighted by Crippen LogP contribution is -2.50. The summed E-state index contributed by atoms with van der Waals surface area (Å²) in [6.07, 6.45) is 15.1. The van der Waals surface area contributed by atoms with Crippen LogP contribution in [0.4, 0.5) is 0 Å². The summed E-state index contributed by atoms with van der Waals surface area (Å²) < 4.78 is 13.0. The fraction of sp³-hybridized carbons (Fsp3) is 1.00. The topological polar surface area (TPSA) is 18.5 Å². The van der Waals surface area contributed by atoms with Crippen LogP contribution >= 0.6 is 0 Å². The zero-order chi connectivity index (χ0) is 16.8. The molecule has 138 valence electrons. The summed E-state index contributed by atoms with van der Waals surface area (Å²) in [4.78, 5) is 0. The van der Waals surface area contributed by atoms with Gasteiger partial charge in [0.2, 0.25) is 0 Å². The average Bonchev–Trinajstić information content (AvgIpc) is 3.16. The van der Waals surface area contributed by atoms with Gasteiger partial charge in [-0.1, -0.05) is 27.2 Å². The van der Waals surface area contributed by atoms with E-state index in [2.05, 4.69) is 20.8 Å². The van der Waals surface area contributed by atoms with Gasteiger partial charge in [0.25, 0.3) is 0 Å². The summed E-state index contributed by atoms with van der Waals surface area (Å²) in [6, 6.07) is 0.